The summed E-state index contributed by atoms with van der Waals surface area (Å²) in [6.45, 7) is 4.36. The van der Waals surface area contributed by atoms with E-state index in [1.54, 1.807) is 7.11 Å². The van der Waals surface area contributed by atoms with Crippen LogP contribution in [0, 0.1) is 0 Å². The van der Waals surface area contributed by atoms with Gasteiger partial charge in [0.2, 0.25) is 0 Å². The number of aliphatic imine (C=N–C) groups is 1. The molecule has 1 rings (SSSR count). The molecule has 0 saturated heterocycles. The normalized spacial score (nSPS) is 22.9. The van der Waals surface area contributed by atoms with Crippen molar-refractivity contribution in [2.45, 2.75) is 37.8 Å². The molecule has 2 N–H and O–H groups in total. The van der Waals surface area contributed by atoms with Gasteiger partial charge in [-0.05, 0) is 46.4 Å². The summed E-state index contributed by atoms with van der Waals surface area (Å²) < 4.78 is 5.00. The minimum atomic E-state index is 0.507. The molecule has 0 radical (unpaired) electrons. The third-order valence-corrected chi connectivity index (χ3v) is 4.09. The SMILES string of the molecule is C=C(NCN(C)C(=NC)NC1CCC(N(C)C)CC1)OC. The molecule has 0 bridgehead atoms. The molecule has 6 nitrogen and oxygen atoms in total. The molecule has 1 aliphatic carbocycles. The number of guanidine groups is 1. The van der Waals surface area contributed by atoms with Gasteiger partial charge in [-0.25, -0.2) is 0 Å². The summed E-state index contributed by atoms with van der Waals surface area (Å²) in [6, 6.07) is 1.22. The molecule has 0 aromatic heterocycles. The molecular weight excluding hydrogens is 266 g/mol. The van der Waals surface area contributed by atoms with E-state index in [1.165, 1.54) is 25.7 Å². The molecule has 0 aliphatic heterocycles. The lowest BCUT2D eigenvalue weighted by molar-refractivity contribution is 0.209. The number of rotatable bonds is 6. The van der Waals surface area contributed by atoms with Crippen molar-refractivity contribution < 1.29 is 4.74 Å². The summed E-state index contributed by atoms with van der Waals surface area (Å²) >= 11 is 0. The highest BCUT2D eigenvalue weighted by Crippen LogP contribution is 2.21. The van der Waals surface area contributed by atoms with Crippen LogP contribution in [0.15, 0.2) is 17.5 Å². The summed E-state index contributed by atoms with van der Waals surface area (Å²) in [5.41, 5.74) is 0. The molecule has 0 unspecified atom stereocenters. The average Bonchev–Trinajstić information content (AvgIpc) is 2.50. The van der Waals surface area contributed by atoms with Crippen LogP contribution >= 0.6 is 0 Å². The Morgan fingerprint density at radius 1 is 1.24 bits per heavy atom. The van der Waals surface area contributed by atoms with Gasteiger partial charge in [-0.1, -0.05) is 0 Å². The molecule has 1 saturated carbocycles. The van der Waals surface area contributed by atoms with Gasteiger partial charge < -0.3 is 25.2 Å². The topological polar surface area (TPSA) is 52.1 Å². The maximum atomic E-state index is 5.00. The van der Waals surface area contributed by atoms with E-state index in [-0.39, 0.29) is 0 Å². The van der Waals surface area contributed by atoms with Crippen LogP contribution in [-0.2, 0) is 4.74 Å². The summed E-state index contributed by atoms with van der Waals surface area (Å²) in [5.74, 6) is 1.46. The van der Waals surface area contributed by atoms with Crippen molar-refractivity contribution in [3.05, 3.63) is 12.5 Å². The minimum Gasteiger partial charge on any atom is -0.483 e. The smallest absolute Gasteiger partial charge is 0.195 e. The van der Waals surface area contributed by atoms with Crippen LogP contribution in [0.1, 0.15) is 25.7 Å². The zero-order valence-corrected chi connectivity index (χ0v) is 14.1. The van der Waals surface area contributed by atoms with E-state index in [4.69, 9.17) is 4.74 Å². The second kappa shape index (κ2) is 8.77. The Morgan fingerprint density at radius 2 is 1.86 bits per heavy atom. The maximum absolute atomic E-state index is 5.00. The summed E-state index contributed by atoms with van der Waals surface area (Å²) in [6.07, 6.45) is 4.86. The Hall–Kier alpha value is -1.43. The largest absolute Gasteiger partial charge is 0.483 e. The molecule has 0 spiro atoms. The number of methoxy groups -OCH3 is 1. The standard InChI is InChI=1S/C15H31N5O/c1-12(21-6)17-11-20(5)15(16-2)18-13-7-9-14(10-8-13)19(3)4/h13-14,17H,1,7-11H2,2-6H3,(H,16,18). The number of nitrogens with zero attached hydrogens (tertiary/aromatic N) is 3. The van der Waals surface area contributed by atoms with Crippen molar-refractivity contribution in [2.75, 3.05) is 42.0 Å². The van der Waals surface area contributed by atoms with E-state index in [0.717, 1.165) is 12.0 Å². The third kappa shape index (κ3) is 5.83. The van der Waals surface area contributed by atoms with Crippen LogP contribution in [0.4, 0.5) is 0 Å². The van der Waals surface area contributed by atoms with Gasteiger partial charge in [0.15, 0.2) is 11.8 Å². The van der Waals surface area contributed by atoms with E-state index in [0.29, 0.717) is 18.6 Å². The quantitative estimate of drug-likeness (QED) is 0.332. The number of nitrogens with one attached hydrogen (secondary N) is 2. The Kier molecular flexibility index (Phi) is 7.36. The predicted molar refractivity (Wildman–Crippen MR) is 88.1 cm³/mol. The molecule has 0 heterocycles. The number of hydrogen-bond donors (Lipinski definition) is 2. The first-order valence-electron chi connectivity index (χ1n) is 7.55. The van der Waals surface area contributed by atoms with Crippen molar-refractivity contribution in [2.24, 2.45) is 4.99 Å². The van der Waals surface area contributed by atoms with Gasteiger partial charge in [0.25, 0.3) is 0 Å². The van der Waals surface area contributed by atoms with Gasteiger partial charge >= 0.3 is 0 Å². The third-order valence-electron chi connectivity index (χ3n) is 4.09. The second-order valence-electron chi connectivity index (χ2n) is 5.82. The zero-order chi connectivity index (χ0) is 15.8. The minimum absolute atomic E-state index is 0.507. The lowest BCUT2D eigenvalue weighted by Gasteiger charge is -2.34. The molecule has 1 aliphatic rings. The van der Waals surface area contributed by atoms with Gasteiger partial charge in [0.05, 0.1) is 13.8 Å². The monoisotopic (exact) mass is 297 g/mol. The van der Waals surface area contributed by atoms with Gasteiger partial charge in [0.1, 0.15) is 0 Å². The first-order valence-corrected chi connectivity index (χ1v) is 7.55. The Bertz CT molecular complexity index is 348. The van der Waals surface area contributed by atoms with Crippen LogP contribution in [0.2, 0.25) is 0 Å². The first-order chi connectivity index (χ1) is 9.97. The molecule has 0 aromatic carbocycles. The van der Waals surface area contributed by atoms with Crippen molar-refractivity contribution in [1.82, 2.24) is 20.4 Å². The van der Waals surface area contributed by atoms with Gasteiger partial charge in [0, 0.05) is 26.2 Å². The molecule has 1 fully saturated rings. The van der Waals surface area contributed by atoms with Crippen molar-refractivity contribution in [3.63, 3.8) is 0 Å². The molecule has 0 aromatic rings. The predicted octanol–water partition coefficient (Wildman–Crippen LogP) is 1.03. The van der Waals surface area contributed by atoms with Crippen LogP contribution < -0.4 is 10.6 Å². The van der Waals surface area contributed by atoms with Crippen molar-refractivity contribution in [1.29, 1.82) is 0 Å². The van der Waals surface area contributed by atoms with Crippen LogP contribution in [0.25, 0.3) is 0 Å². The fourth-order valence-electron chi connectivity index (χ4n) is 2.62. The molecular formula is C15H31N5O. The molecule has 122 valence electrons. The fourth-order valence-corrected chi connectivity index (χ4v) is 2.62. The first kappa shape index (κ1) is 17.6. The second-order valence-corrected chi connectivity index (χ2v) is 5.82. The zero-order valence-electron chi connectivity index (χ0n) is 14.1. The average molecular weight is 297 g/mol. The van der Waals surface area contributed by atoms with E-state index >= 15 is 0 Å². The Balaban J connectivity index is 2.39. The highest BCUT2D eigenvalue weighted by molar-refractivity contribution is 5.79. The fraction of sp³-hybridized carbons (Fsp3) is 0.800. The lowest BCUT2D eigenvalue weighted by Crippen LogP contribution is -2.49. The highest BCUT2D eigenvalue weighted by Gasteiger charge is 2.23. The van der Waals surface area contributed by atoms with Gasteiger partial charge in [-0.15, -0.1) is 0 Å². The molecule has 0 amide bonds. The Labute approximate surface area is 129 Å². The molecule has 6 heteroatoms. The van der Waals surface area contributed by atoms with Gasteiger partial charge in [-0.2, -0.15) is 0 Å². The summed E-state index contributed by atoms with van der Waals surface area (Å²) in [7, 11) is 9.75. The lowest BCUT2D eigenvalue weighted by atomic mass is 9.90. The van der Waals surface area contributed by atoms with E-state index in [2.05, 4.69) is 41.2 Å². The molecule has 0 atom stereocenters. The number of ether oxygens (including phenoxy) is 1. The summed E-state index contributed by atoms with van der Waals surface area (Å²) in [5, 5.41) is 6.64. The van der Waals surface area contributed by atoms with Gasteiger partial charge in [-0.3, -0.25) is 4.99 Å². The highest BCUT2D eigenvalue weighted by atomic mass is 16.5. The van der Waals surface area contributed by atoms with E-state index in [1.807, 2.05) is 19.0 Å². The van der Waals surface area contributed by atoms with Crippen molar-refractivity contribution >= 4 is 5.96 Å². The van der Waals surface area contributed by atoms with E-state index < -0.39 is 0 Å². The summed E-state index contributed by atoms with van der Waals surface area (Å²) in [4.78, 5) is 8.71. The Morgan fingerprint density at radius 3 is 2.33 bits per heavy atom. The van der Waals surface area contributed by atoms with Crippen LogP contribution in [0.5, 0.6) is 0 Å². The molecule has 21 heavy (non-hydrogen) atoms. The van der Waals surface area contributed by atoms with Crippen LogP contribution in [-0.4, -0.2) is 69.8 Å². The maximum Gasteiger partial charge on any atom is 0.195 e. The van der Waals surface area contributed by atoms with E-state index in [9.17, 15) is 0 Å². The van der Waals surface area contributed by atoms with Crippen LogP contribution in [0.3, 0.4) is 0 Å². The van der Waals surface area contributed by atoms with Crippen molar-refractivity contribution in [3.8, 4) is 0 Å². The number of hydrogen-bond acceptors (Lipinski definition) is 4.